The number of aromatic nitrogens is 1. The van der Waals surface area contributed by atoms with Crippen LogP contribution in [0.15, 0.2) is 83.1 Å². The van der Waals surface area contributed by atoms with Crippen molar-refractivity contribution in [2.45, 2.75) is 11.8 Å². The Hall–Kier alpha value is -3.69. The van der Waals surface area contributed by atoms with E-state index in [2.05, 4.69) is 10.3 Å². The first-order valence-electron chi connectivity index (χ1n) is 9.87. The fourth-order valence-electron chi connectivity index (χ4n) is 3.00. The Balaban J connectivity index is 1.70. The number of ether oxygens (including phenoxy) is 2. The summed E-state index contributed by atoms with van der Waals surface area (Å²) in [5, 5.41) is 5.06. The number of aryl methyl sites for hydroxylation is 1. The van der Waals surface area contributed by atoms with Gasteiger partial charge in [-0.25, -0.2) is 13.4 Å². The van der Waals surface area contributed by atoms with Crippen LogP contribution in [0.3, 0.4) is 0 Å². The first-order chi connectivity index (χ1) is 15.8. The van der Waals surface area contributed by atoms with Gasteiger partial charge in [-0.2, -0.15) is 0 Å². The topological polar surface area (TPSA) is 94.6 Å². The van der Waals surface area contributed by atoms with Crippen LogP contribution in [0.25, 0.3) is 0 Å². The second-order valence-corrected chi connectivity index (χ2v) is 9.98. The average Bonchev–Trinajstić information content (AvgIpc) is 3.19. The number of nitrogens with one attached hydrogen (secondary N) is 1. The van der Waals surface area contributed by atoms with Gasteiger partial charge in [0.1, 0.15) is 27.9 Å². The van der Waals surface area contributed by atoms with E-state index < -0.39 is 15.7 Å². The number of benzene rings is 3. The van der Waals surface area contributed by atoms with Crippen LogP contribution < -0.4 is 14.8 Å². The van der Waals surface area contributed by atoms with Crippen LogP contribution in [0.1, 0.15) is 16.1 Å². The van der Waals surface area contributed by atoms with Crippen molar-refractivity contribution in [2.75, 3.05) is 11.6 Å². The Bertz CT molecular complexity index is 1400. The smallest absolute Gasteiger partial charge is 0.261 e. The number of rotatable bonds is 7. The SMILES string of the molecule is Cc1csc(NC(=O)c2cc(Oc3ccccc3S(C)(=O)=O)ccc2Oc2ccccc2)n1. The van der Waals surface area contributed by atoms with Crippen molar-refractivity contribution in [1.29, 1.82) is 0 Å². The molecule has 3 aromatic carbocycles. The molecule has 0 aliphatic heterocycles. The monoisotopic (exact) mass is 480 g/mol. The minimum absolute atomic E-state index is 0.0545. The highest BCUT2D eigenvalue weighted by atomic mass is 32.2. The first kappa shape index (κ1) is 22.5. The van der Waals surface area contributed by atoms with E-state index in [-0.39, 0.29) is 22.0 Å². The van der Waals surface area contributed by atoms with E-state index in [0.29, 0.717) is 16.6 Å². The van der Waals surface area contributed by atoms with Crippen LogP contribution in [0.2, 0.25) is 0 Å². The molecule has 0 saturated carbocycles. The number of amides is 1. The highest BCUT2D eigenvalue weighted by Gasteiger charge is 2.19. The number of carbonyl (C=O) groups excluding carboxylic acids is 1. The third kappa shape index (κ3) is 5.57. The summed E-state index contributed by atoms with van der Waals surface area (Å²) in [6.45, 7) is 1.84. The third-order valence-corrected chi connectivity index (χ3v) is 6.49. The summed E-state index contributed by atoms with van der Waals surface area (Å²) in [6, 6.07) is 20.1. The molecule has 0 unspecified atom stereocenters. The number of thiazole rings is 1. The first-order valence-corrected chi connectivity index (χ1v) is 12.6. The van der Waals surface area contributed by atoms with Crippen molar-refractivity contribution < 1.29 is 22.7 Å². The summed E-state index contributed by atoms with van der Waals surface area (Å²) in [4.78, 5) is 17.4. The number of hydrogen-bond donors (Lipinski definition) is 1. The van der Waals surface area contributed by atoms with E-state index >= 15 is 0 Å². The Kier molecular flexibility index (Phi) is 6.43. The van der Waals surface area contributed by atoms with Gasteiger partial charge in [0.25, 0.3) is 5.91 Å². The fraction of sp³-hybridized carbons (Fsp3) is 0.0833. The van der Waals surface area contributed by atoms with Crippen LogP contribution in [-0.4, -0.2) is 25.6 Å². The predicted octanol–water partition coefficient (Wildman–Crippen LogP) is 5.69. The largest absolute Gasteiger partial charge is 0.457 e. The summed E-state index contributed by atoms with van der Waals surface area (Å²) < 4.78 is 36.0. The standard InChI is InChI=1S/C24H20N2O5S2/c1-16-15-32-24(25-16)26-23(27)19-14-18(12-13-20(19)30-17-8-4-3-5-9-17)31-21-10-6-7-11-22(21)33(2,28)29/h3-15H,1-2H3,(H,25,26,27). The summed E-state index contributed by atoms with van der Waals surface area (Å²) in [7, 11) is -3.50. The lowest BCUT2D eigenvalue weighted by molar-refractivity contribution is 0.102. The molecular weight excluding hydrogens is 460 g/mol. The fourth-order valence-corrected chi connectivity index (χ4v) is 4.48. The molecule has 0 spiro atoms. The molecule has 7 nitrogen and oxygen atoms in total. The molecule has 0 atom stereocenters. The molecule has 33 heavy (non-hydrogen) atoms. The number of carbonyl (C=O) groups is 1. The maximum Gasteiger partial charge on any atom is 0.261 e. The van der Waals surface area contributed by atoms with Gasteiger partial charge in [0.2, 0.25) is 0 Å². The maximum atomic E-state index is 13.1. The molecule has 0 saturated heterocycles. The second kappa shape index (κ2) is 9.43. The molecule has 0 aliphatic rings. The van der Waals surface area contributed by atoms with Crippen LogP contribution in [0.4, 0.5) is 5.13 Å². The highest BCUT2D eigenvalue weighted by molar-refractivity contribution is 7.90. The summed E-state index contributed by atoms with van der Waals surface area (Å²) in [5.41, 5.74) is 1.01. The van der Waals surface area contributed by atoms with Gasteiger partial charge in [-0.1, -0.05) is 30.3 Å². The summed E-state index contributed by atoms with van der Waals surface area (Å²) in [5.74, 6) is 0.895. The second-order valence-electron chi connectivity index (χ2n) is 7.14. The van der Waals surface area contributed by atoms with Gasteiger partial charge in [-0.15, -0.1) is 11.3 Å². The number of anilines is 1. The van der Waals surface area contributed by atoms with Gasteiger partial charge in [-0.3, -0.25) is 10.1 Å². The van der Waals surface area contributed by atoms with Gasteiger partial charge in [0.05, 0.1) is 11.3 Å². The Labute approximate surface area is 195 Å². The van der Waals surface area contributed by atoms with Crippen LogP contribution in [0.5, 0.6) is 23.0 Å². The zero-order chi connectivity index (χ0) is 23.4. The van der Waals surface area contributed by atoms with Crippen LogP contribution in [-0.2, 0) is 9.84 Å². The lowest BCUT2D eigenvalue weighted by Gasteiger charge is -2.14. The molecule has 1 aromatic heterocycles. The molecule has 1 amide bonds. The minimum atomic E-state index is -3.50. The zero-order valence-corrected chi connectivity index (χ0v) is 19.4. The molecule has 4 aromatic rings. The molecule has 0 bridgehead atoms. The van der Waals surface area contributed by atoms with Gasteiger partial charge in [0, 0.05) is 11.6 Å². The molecule has 0 fully saturated rings. The van der Waals surface area contributed by atoms with Crippen molar-refractivity contribution in [1.82, 2.24) is 4.98 Å². The summed E-state index contributed by atoms with van der Waals surface area (Å²) >= 11 is 1.31. The van der Waals surface area contributed by atoms with E-state index in [1.54, 1.807) is 42.5 Å². The number of hydrogen-bond acceptors (Lipinski definition) is 7. The van der Waals surface area contributed by atoms with Gasteiger partial charge < -0.3 is 9.47 Å². The molecule has 0 aliphatic carbocycles. The number of para-hydroxylation sites is 2. The van der Waals surface area contributed by atoms with E-state index in [4.69, 9.17) is 9.47 Å². The highest BCUT2D eigenvalue weighted by Crippen LogP contribution is 2.34. The van der Waals surface area contributed by atoms with Gasteiger partial charge >= 0.3 is 0 Å². The minimum Gasteiger partial charge on any atom is -0.457 e. The molecule has 1 heterocycles. The molecule has 9 heteroatoms. The van der Waals surface area contributed by atoms with Crippen molar-refractivity contribution in [3.8, 4) is 23.0 Å². The van der Waals surface area contributed by atoms with E-state index in [1.807, 2.05) is 30.5 Å². The molecule has 1 N–H and O–H groups in total. The maximum absolute atomic E-state index is 13.1. The lowest BCUT2D eigenvalue weighted by Crippen LogP contribution is -2.13. The lowest BCUT2D eigenvalue weighted by atomic mass is 10.1. The van der Waals surface area contributed by atoms with Crippen LogP contribution >= 0.6 is 11.3 Å². The predicted molar refractivity (Wildman–Crippen MR) is 127 cm³/mol. The number of sulfone groups is 1. The Morgan fingerprint density at radius 1 is 0.909 bits per heavy atom. The van der Waals surface area contributed by atoms with Crippen molar-refractivity contribution in [3.05, 3.63) is 89.4 Å². The average molecular weight is 481 g/mol. The van der Waals surface area contributed by atoms with E-state index in [1.165, 1.54) is 23.5 Å². The van der Waals surface area contributed by atoms with Crippen molar-refractivity contribution >= 4 is 32.2 Å². The number of nitrogens with zero attached hydrogens (tertiary/aromatic N) is 1. The van der Waals surface area contributed by atoms with Crippen LogP contribution in [0, 0.1) is 6.92 Å². The van der Waals surface area contributed by atoms with Crippen molar-refractivity contribution in [3.63, 3.8) is 0 Å². The normalized spacial score (nSPS) is 11.1. The van der Waals surface area contributed by atoms with Crippen molar-refractivity contribution in [2.24, 2.45) is 0 Å². The molecular formula is C24H20N2O5S2. The van der Waals surface area contributed by atoms with E-state index in [9.17, 15) is 13.2 Å². The molecule has 0 radical (unpaired) electrons. The van der Waals surface area contributed by atoms with E-state index in [0.717, 1.165) is 11.9 Å². The summed E-state index contributed by atoms with van der Waals surface area (Å²) in [6.07, 6.45) is 1.11. The Morgan fingerprint density at radius 2 is 1.61 bits per heavy atom. The van der Waals surface area contributed by atoms with Gasteiger partial charge in [-0.05, 0) is 49.4 Å². The molecule has 168 valence electrons. The quantitative estimate of drug-likeness (QED) is 0.365. The zero-order valence-electron chi connectivity index (χ0n) is 17.8. The van der Waals surface area contributed by atoms with Gasteiger partial charge in [0.15, 0.2) is 15.0 Å². The Morgan fingerprint density at radius 3 is 2.30 bits per heavy atom. The molecule has 4 rings (SSSR count). The third-order valence-electron chi connectivity index (χ3n) is 4.48.